The number of carbonyl (C=O) groups is 1. The number of pyridine rings is 1. The lowest BCUT2D eigenvalue weighted by Gasteiger charge is -2.28. The van der Waals surface area contributed by atoms with Crippen molar-refractivity contribution in [3.8, 4) is 17.1 Å². The van der Waals surface area contributed by atoms with Gasteiger partial charge in [0, 0.05) is 34.1 Å². The minimum Gasteiger partial charge on any atom is -0.478 e. The number of benzene rings is 3. The predicted octanol–water partition coefficient (Wildman–Crippen LogP) is 10.7. The summed E-state index contributed by atoms with van der Waals surface area (Å²) < 4.78 is 58.6. The second-order valence-corrected chi connectivity index (χ2v) is 11.8. The molecule has 1 fully saturated rings. The fourth-order valence-electron chi connectivity index (χ4n) is 5.45. The Labute approximate surface area is 297 Å². The van der Waals surface area contributed by atoms with Crippen LogP contribution in [0, 0.1) is 22.9 Å². The average molecular weight is 712 g/mol. The van der Waals surface area contributed by atoms with Gasteiger partial charge < -0.3 is 19.1 Å². The van der Waals surface area contributed by atoms with Crippen LogP contribution in [0.25, 0.3) is 22.3 Å². The first kappa shape index (κ1) is 40.0. The molecule has 0 saturated carbocycles. The van der Waals surface area contributed by atoms with Crippen molar-refractivity contribution >= 4 is 28.6 Å². The van der Waals surface area contributed by atoms with E-state index in [1.54, 1.807) is 18.2 Å². The minimum absolute atomic E-state index is 0.0457. The van der Waals surface area contributed by atoms with E-state index in [2.05, 4.69) is 4.98 Å². The number of ether oxygens (including phenoxy) is 2. The van der Waals surface area contributed by atoms with Gasteiger partial charge in [0.15, 0.2) is 0 Å². The molecule has 50 heavy (non-hydrogen) atoms. The van der Waals surface area contributed by atoms with E-state index in [1.807, 2.05) is 60.0 Å². The van der Waals surface area contributed by atoms with E-state index in [4.69, 9.17) is 26.1 Å². The number of hydrogen-bond acceptors (Lipinski definition) is 5. The van der Waals surface area contributed by atoms with Crippen molar-refractivity contribution < 1.29 is 32.5 Å². The second kappa shape index (κ2) is 18.0. The van der Waals surface area contributed by atoms with Crippen molar-refractivity contribution in [3.63, 3.8) is 0 Å². The lowest BCUT2D eigenvalue weighted by Crippen LogP contribution is -2.27. The monoisotopic (exact) mass is 711 g/mol. The van der Waals surface area contributed by atoms with Crippen LogP contribution in [0.4, 0.5) is 13.2 Å². The van der Waals surface area contributed by atoms with Crippen LogP contribution in [0.3, 0.4) is 0 Å². The van der Waals surface area contributed by atoms with Crippen LogP contribution >= 0.6 is 11.6 Å². The van der Waals surface area contributed by atoms with Crippen LogP contribution in [-0.4, -0.2) is 38.8 Å². The third-order valence-electron chi connectivity index (χ3n) is 7.85. The summed E-state index contributed by atoms with van der Waals surface area (Å²) in [6.45, 7) is 16.8. The van der Waals surface area contributed by atoms with Gasteiger partial charge in [0.25, 0.3) is 0 Å². The van der Waals surface area contributed by atoms with Gasteiger partial charge in [-0.1, -0.05) is 79.1 Å². The molecule has 1 saturated heterocycles. The van der Waals surface area contributed by atoms with Crippen molar-refractivity contribution in [3.05, 3.63) is 112 Å². The molecule has 268 valence electrons. The Balaban J connectivity index is 0.00000107. The number of fused-ring (bicyclic) bond motifs is 1. The van der Waals surface area contributed by atoms with Gasteiger partial charge in [0.05, 0.1) is 41.5 Å². The molecule has 1 N–H and O–H groups in total. The van der Waals surface area contributed by atoms with Crippen molar-refractivity contribution in [2.75, 3.05) is 13.2 Å². The lowest BCUT2D eigenvalue weighted by molar-refractivity contribution is 0.0697. The molecular weight excluding hydrogens is 667 g/mol. The van der Waals surface area contributed by atoms with E-state index in [1.165, 1.54) is 36.4 Å². The van der Waals surface area contributed by atoms with Gasteiger partial charge in [-0.3, -0.25) is 0 Å². The van der Waals surface area contributed by atoms with Crippen molar-refractivity contribution in [2.24, 2.45) is 5.41 Å². The van der Waals surface area contributed by atoms with Gasteiger partial charge in [0.2, 0.25) is 5.88 Å². The maximum Gasteiger partial charge on any atom is 0.335 e. The highest BCUT2D eigenvalue weighted by Gasteiger charge is 2.39. The van der Waals surface area contributed by atoms with Crippen LogP contribution in [0.2, 0.25) is 5.02 Å². The van der Waals surface area contributed by atoms with Gasteiger partial charge in [-0.15, -0.1) is 0 Å². The minimum atomic E-state index is -1.08. The average Bonchev–Trinajstić information content (AvgIpc) is 3.65. The summed E-state index contributed by atoms with van der Waals surface area (Å²) in [5.41, 5.74) is 1.32. The van der Waals surface area contributed by atoms with E-state index < -0.39 is 23.4 Å². The van der Waals surface area contributed by atoms with Crippen LogP contribution in [0.15, 0.2) is 66.7 Å². The summed E-state index contributed by atoms with van der Waals surface area (Å²) >= 11 is 5.80. The third-order valence-corrected chi connectivity index (χ3v) is 8.08. The SMILES string of the molecule is CC.CC.CC.CC1(C)COCC1n1c(Cc2cc(F)c(-c3cccc(OCc4ccc(Cl)cc4F)n3)cc2F)nc2ccc(C(=O)O)cc21. The van der Waals surface area contributed by atoms with Crippen molar-refractivity contribution in [1.29, 1.82) is 0 Å². The van der Waals surface area contributed by atoms with Gasteiger partial charge in [-0.05, 0) is 54.1 Å². The van der Waals surface area contributed by atoms with Gasteiger partial charge >= 0.3 is 5.97 Å². The number of carboxylic acids is 1. The molecule has 2 aromatic heterocycles. The largest absolute Gasteiger partial charge is 0.478 e. The molecule has 0 radical (unpaired) electrons. The van der Waals surface area contributed by atoms with Gasteiger partial charge in [-0.25, -0.2) is 27.9 Å². The molecule has 7 nitrogen and oxygen atoms in total. The summed E-state index contributed by atoms with van der Waals surface area (Å²) in [4.78, 5) is 20.7. The number of imidazole rings is 1. The molecule has 1 aliphatic heterocycles. The Bertz CT molecular complexity index is 1910. The Morgan fingerprint density at radius 1 is 0.920 bits per heavy atom. The smallest absolute Gasteiger partial charge is 0.335 e. The third kappa shape index (κ3) is 9.03. The maximum atomic E-state index is 15.6. The Kier molecular flexibility index (Phi) is 14.4. The summed E-state index contributed by atoms with van der Waals surface area (Å²) in [6.07, 6.45) is -0.0457. The summed E-state index contributed by atoms with van der Waals surface area (Å²) in [5, 5.41) is 9.83. The molecule has 3 heterocycles. The molecule has 0 spiro atoms. The molecule has 1 unspecified atom stereocenters. The first-order chi connectivity index (χ1) is 24.0. The Morgan fingerprint density at radius 2 is 1.62 bits per heavy atom. The summed E-state index contributed by atoms with van der Waals surface area (Å²) in [7, 11) is 0. The maximum absolute atomic E-state index is 15.6. The molecular formula is C39H45ClF3N3O4. The number of carboxylic acid groups (broad SMARTS) is 1. The van der Waals surface area contributed by atoms with E-state index in [0.717, 1.165) is 12.1 Å². The number of aromatic nitrogens is 3. The molecule has 5 aromatic rings. The van der Waals surface area contributed by atoms with Crippen LogP contribution in [-0.2, 0) is 17.8 Å². The molecule has 0 amide bonds. The number of rotatable bonds is 8. The Hall–Kier alpha value is -4.41. The summed E-state index contributed by atoms with van der Waals surface area (Å²) in [5.74, 6) is -2.40. The van der Waals surface area contributed by atoms with Crippen LogP contribution in [0.5, 0.6) is 5.88 Å². The fourth-order valence-corrected chi connectivity index (χ4v) is 5.61. The van der Waals surface area contributed by atoms with E-state index >= 15 is 8.78 Å². The zero-order valence-electron chi connectivity index (χ0n) is 29.8. The lowest BCUT2D eigenvalue weighted by atomic mass is 9.87. The molecule has 11 heteroatoms. The van der Waals surface area contributed by atoms with Crippen LogP contribution < -0.4 is 4.74 Å². The molecule has 0 aliphatic carbocycles. The highest BCUT2D eigenvalue weighted by Crippen LogP contribution is 2.40. The fraction of sp³-hybridized carbons (Fsp3) is 0.359. The topological polar surface area (TPSA) is 86.5 Å². The van der Waals surface area contributed by atoms with Gasteiger partial charge in [0.1, 0.15) is 29.9 Å². The quantitative estimate of drug-likeness (QED) is 0.172. The van der Waals surface area contributed by atoms with Crippen molar-refractivity contribution in [1.82, 2.24) is 14.5 Å². The van der Waals surface area contributed by atoms with Crippen LogP contribution in [0.1, 0.15) is 88.7 Å². The van der Waals surface area contributed by atoms with Crippen molar-refractivity contribution in [2.45, 2.75) is 74.5 Å². The number of halogens is 4. The highest BCUT2D eigenvalue weighted by atomic mass is 35.5. The second-order valence-electron chi connectivity index (χ2n) is 11.4. The number of nitrogens with zero attached hydrogens (tertiary/aromatic N) is 3. The molecule has 6 rings (SSSR count). The molecule has 0 bridgehead atoms. The zero-order chi connectivity index (χ0) is 37.2. The number of aromatic carboxylic acids is 1. The van der Waals surface area contributed by atoms with E-state index in [9.17, 15) is 14.3 Å². The number of hydrogen-bond donors (Lipinski definition) is 1. The van der Waals surface area contributed by atoms with E-state index in [0.29, 0.717) is 30.1 Å². The van der Waals surface area contributed by atoms with Gasteiger partial charge in [-0.2, -0.15) is 0 Å². The Morgan fingerprint density at radius 3 is 2.26 bits per heavy atom. The first-order valence-corrected chi connectivity index (χ1v) is 17.2. The summed E-state index contributed by atoms with van der Waals surface area (Å²) in [6, 6.07) is 15.5. The molecule has 1 aliphatic rings. The molecule has 1 atom stereocenters. The predicted molar refractivity (Wildman–Crippen MR) is 193 cm³/mol. The first-order valence-electron chi connectivity index (χ1n) is 16.8. The van der Waals surface area contributed by atoms with E-state index in [-0.39, 0.29) is 63.3 Å². The molecule has 3 aromatic carbocycles. The standard InChI is InChI=1S/C33H27ClF3N3O4.3C2H6/c1-33(2)17-43-16-29(33)40-28-11-18(32(41)42)7-9-27(28)38-30(40)12-20-10-25(37)22(14-24(20)36)26-4-3-5-31(39-26)44-15-19-6-8-21(34)13-23(19)35;3*1-2/h3-11,13-14,29H,12,15-17H2,1-2H3,(H,41,42);3*1-2H3. The highest BCUT2D eigenvalue weighted by molar-refractivity contribution is 6.30. The normalized spacial score (nSPS) is 14.4. The zero-order valence-corrected chi connectivity index (χ0v) is 30.5.